The second kappa shape index (κ2) is 5.70. The van der Waals surface area contributed by atoms with Gasteiger partial charge in [0.25, 0.3) is 5.91 Å². The van der Waals surface area contributed by atoms with Gasteiger partial charge in [0, 0.05) is 11.9 Å². The van der Waals surface area contributed by atoms with E-state index in [1.807, 2.05) is 0 Å². The molecule has 1 aromatic carbocycles. The smallest absolute Gasteiger partial charge is 0.254 e. The van der Waals surface area contributed by atoms with Gasteiger partial charge in [-0.05, 0) is 37.3 Å². The maximum atomic E-state index is 13.7. The van der Waals surface area contributed by atoms with Crippen molar-refractivity contribution >= 4 is 17.5 Å². The molecular formula is C14H17ClFNO. The first-order valence-electron chi connectivity index (χ1n) is 6.27. The van der Waals surface area contributed by atoms with E-state index in [0.717, 1.165) is 19.3 Å². The van der Waals surface area contributed by atoms with E-state index in [-0.39, 0.29) is 16.8 Å². The minimum atomic E-state index is -0.441. The fraction of sp³-hybridized carbons (Fsp3) is 0.500. The summed E-state index contributed by atoms with van der Waals surface area (Å²) in [6, 6.07) is 4.84. The van der Waals surface area contributed by atoms with Crippen LogP contribution in [0.5, 0.6) is 0 Å². The first-order valence-corrected chi connectivity index (χ1v) is 6.70. The molecule has 0 radical (unpaired) electrons. The largest absolute Gasteiger partial charge is 0.352 e. The van der Waals surface area contributed by atoms with E-state index < -0.39 is 5.82 Å². The Kier molecular flexibility index (Phi) is 4.23. The summed E-state index contributed by atoms with van der Waals surface area (Å²) in [7, 11) is 0. The molecule has 0 bridgehead atoms. The lowest BCUT2D eigenvalue weighted by Crippen LogP contribution is -2.31. The number of halogens is 2. The van der Waals surface area contributed by atoms with Crippen LogP contribution in [0.4, 0.5) is 4.39 Å². The van der Waals surface area contributed by atoms with Crippen LogP contribution in [0.1, 0.15) is 35.2 Å². The third kappa shape index (κ3) is 2.83. The first kappa shape index (κ1) is 13.3. The van der Waals surface area contributed by atoms with Gasteiger partial charge in [-0.15, -0.1) is 11.6 Å². The lowest BCUT2D eigenvalue weighted by atomic mass is 10.1. The Labute approximate surface area is 112 Å². The van der Waals surface area contributed by atoms with E-state index in [1.54, 1.807) is 19.1 Å². The Morgan fingerprint density at radius 2 is 2.28 bits per heavy atom. The van der Waals surface area contributed by atoms with Crippen molar-refractivity contribution in [1.82, 2.24) is 5.32 Å². The molecule has 2 rings (SSSR count). The van der Waals surface area contributed by atoms with E-state index in [0.29, 0.717) is 18.0 Å². The molecule has 1 fully saturated rings. The molecule has 2 unspecified atom stereocenters. The number of benzene rings is 1. The number of amides is 1. The summed E-state index contributed by atoms with van der Waals surface area (Å²) < 4.78 is 13.7. The lowest BCUT2D eigenvalue weighted by Gasteiger charge is -2.14. The second-order valence-corrected chi connectivity index (χ2v) is 5.41. The van der Waals surface area contributed by atoms with E-state index in [9.17, 15) is 9.18 Å². The molecule has 2 atom stereocenters. The van der Waals surface area contributed by atoms with Crippen LogP contribution < -0.4 is 5.32 Å². The minimum absolute atomic E-state index is 0.110. The number of alkyl halides is 1. The SMILES string of the molecule is Cc1cccc(C(=O)NCC2CCCC2Cl)c1F. The Morgan fingerprint density at radius 1 is 1.50 bits per heavy atom. The zero-order chi connectivity index (χ0) is 13.1. The number of carbonyl (C=O) groups is 1. The van der Waals surface area contributed by atoms with Crippen molar-refractivity contribution < 1.29 is 9.18 Å². The Hall–Kier alpha value is -1.09. The summed E-state index contributed by atoms with van der Waals surface area (Å²) in [5, 5.41) is 2.91. The van der Waals surface area contributed by atoms with Gasteiger partial charge in [-0.25, -0.2) is 4.39 Å². The number of aryl methyl sites for hydroxylation is 1. The molecule has 1 aliphatic rings. The normalized spacial score (nSPS) is 23.1. The average Bonchev–Trinajstić information content (AvgIpc) is 2.75. The number of nitrogens with one attached hydrogen (secondary N) is 1. The molecule has 2 nitrogen and oxygen atoms in total. The average molecular weight is 270 g/mol. The van der Waals surface area contributed by atoms with Crippen LogP contribution in [0, 0.1) is 18.7 Å². The molecule has 0 spiro atoms. The van der Waals surface area contributed by atoms with Crippen molar-refractivity contribution in [2.45, 2.75) is 31.6 Å². The van der Waals surface area contributed by atoms with E-state index >= 15 is 0 Å². The summed E-state index contributed by atoms with van der Waals surface area (Å²) >= 11 is 6.14. The number of hydrogen-bond donors (Lipinski definition) is 1. The molecule has 18 heavy (non-hydrogen) atoms. The van der Waals surface area contributed by atoms with Crippen LogP contribution in [-0.2, 0) is 0 Å². The van der Waals surface area contributed by atoms with E-state index in [1.165, 1.54) is 6.07 Å². The van der Waals surface area contributed by atoms with Gasteiger partial charge >= 0.3 is 0 Å². The number of hydrogen-bond acceptors (Lipinski definition) is 1. The lowest BCUT2D eigenvalue weighted by molar-refractivity contribution is 0.0943. The Morgan fingerprint density at radius 3 is 2.94 bits per heavy atom. The number of carbonyl (C=O) groups excluding carboxylic acids is 1. The highest BCUT2D eigenvalue weighted by atomic mass is 35.5. The van der Waals surface area contributed by atoms with Crippen LogP contribution in [0.2, 0.25) is 0 Å². The van der Waals surface area contributed by atoms with Crippen molar-refractivity contribution in [3.05, 3.63) is 35.1 Å². The van der Waals surface area contributed by atoms with Crippen LogP contribution in [0.3, 0.4) is 0 Å². The summed E-state index contributed by atoms with van der Waals surface area (Å²) in [6.07, 6.45) is 3.14. The van der Waals surface area contributed by atoms with Crippen molar-refractivity contribution in [1.29, 1.82) is 0 Å². The van der Waals surface area contributed by atoms with Gasteiger partial charge in [-0.2, -0.15) is 0 Å². The van der Waals surface area contributed by atoms with Crippen LogP contribution in [0.15, 0.2) is 18.2 Å². The van der Waals surface area contributed by atoms with Gasteiger partial charge < -0.3 is 5.32 Å². The molecule has 1 saturated carbocycles. The summed E-state index contributed by atoms with van der Waals surface area (Å²) in [5.41, 5.74) is 0.595. The predicted molar refractivity (Wildman–Crippen MR) is 70.5 cm³/mol. The molecule has 0 aliphatic heterocycles. The molecule has 1 aromatic rings. The van der Waals surface area contributed by atoms with Gasteiger partial charge in [0.05, 0.1) is 5.56 Å². The third-order valence-corrected chi connectivity index (χ3v) is 4.10. The fourth-order valence-electron chi connectivity index (χ4n) is 2.36. The van der Waals surface area contributed by atoms with Gasteiger partial charge in [0.15, 0.2) is 0 Å². The molecule has 0 heterocycles. The van der Waals surface area contributed by atoms with Crippen LogP contribution in [0.25, 0.3) is 0 Å². The Balaban J connectivity index is 1.97. The Bertz CT molecular complexity index is 449. The summed E-state index contributed by atoms with van der Waals surface area (Å²) in [4.78, 5) is 11.9. The van der Waals surface area contributed by atoms with Gasteiger partial charge in [-0.3, -0.25) is 4.79 Å². The maximum Gasteiger partial charge on any atom is 0.254 e. The summed E-state index contributed by atoms with van der Waals surface area (Å²) in [5.74, 6) is -0.487. The van der Waals surface area contributed by atoms with Crippen molar-refractivity contribution in [3.63, 3.8) is 0 Å². The molecule has 98 valence electrons. The van der Waals surface area contributed by atoms with Gasteiger partial charge in [0.1, 0.15) is 5.82 Å². The van der Waals surface area contributed by atoms with Crippen molar-refractivity contribution in [2.75, 3.05) is 6.54 Å². The standard InChI is InChI=1S/C14H17ClFNO/c1-9-4-2-6-11(13(9)16)14(18)17-8-10-5-3-7-12(10)15/h2,4,6,10,12H,3,5,7-8H2,1H3,(H,17,18). The van der Waals surface area contributed by atoms with Gasteiger partial charge in [-0.1, -0.05) is 18.6 Å². The molecule has 0 aromatic heterocycles. The monoisotopic (exact) mass is 269 g/mol. The first-order chi connectivity index (χ1) is 8.59. The predicted octanol–water partition coefficient (Wildman–Crippen LogP) is 3.27. The zero-order valence-corrected chi connectivity index (χ0v) is 11.1. The van der Waals surface area contributed by atoms with E-state index in [2.05, 4.69) is 5.32 Å². The quantitative estimate of drug-likeness (QED) is 0.839. The van der Waals surface area contributed by atoms with Crippen molar-refractivity contribution in [3.8, 4) is 0 Å². The molecular weight excluding hydrogens is 253 g/mol. The third-order valence-electron chi connectivity index (χ3n) is 3.53. The highest BCUT2D eigenvalue weighted by molar-refractivity contribution is 6.21. The summed E-state index contributed by atoms with van der Waals surface area (Å²) in [6.45, 7) is 2.18. The maximum absolute atomic E-state index is 13.7. The molecule has 1 aliphatic carbocycles. The molecule has 1 amide bonds. The van der Waals surface area contributed by atoms with E-state index in [4.69, 9.17) is 11.6 Å². The van der Waals surface area contributed by atoms with Crippen molar-refractivity contribution in [2.24, 2.45) is 5.92 Å². The van der Waals surface area contributed by atoms with Gasteiger partial charge in [0.2, 0.25) is 0 Å². The fourth-order valence-corrected chi connectivity index (χ4v) is 2.73. The highest BCUT2D eigenvalue weighted by Gasteiger charge is 2.25. The molecule has 1 N–H and O–H groups in total. The minimum Gasteiger partial charge on any atom is -0.352 e. The van der Waals surface area contributed by atoms with Crippen LogP contribution in [-0.4, -0.2) is 17.8 Å². The topological polar surface area (TPSA) is 29.1 Å². The second-order valence-electron chi connectivity index (χ2n) is 4.85. The number of rotatable bonds is 3. The highest BCUT2D eigenvalue weighted by Crippen LogP contribution is 2.29. The zero-order valence-electron chi connectivity index (χ0n) is 10.4. The van der Waals surface area contributed by atoms with Crippen LogP contribution >= 0.6 is 11.6 Å². The molecule has 4 heteroatoms. The molecule has 0 saturated heterocycles.